The summed E-state index contributed by atoms with van der Waals surface area (Å²) >= 11 is 0. The van der Waals surface area contributed by atoms with Crippen molar-refractivity contribution >= 4 is 12.6 Å². The van der Waals surface area contributed by atoms with Crippen LogP contribution in [0.25, 0.3) is 0 Å². The van der Waals surface area contributed by atoms with E-state index in [1.807, 2.05) is 0 Å². The van der Waals surface area contributed by atoms with E-state index in [1.165, 1.54) is 11.1 Å². The molecule has 3 rings (SSSR count). The summed E-state index contributed by atoms with van der Waals surface area (Å²) in [6.45, 7) is 8.34. The van der Waals surface area contributed by atoms with Crippen LogP contribution >= 0.6 is 0 Å². The lowest BCUT2D eigenvalue weighted by molar-refractivity contribution is 0.00578. The van der Waals surface area contributed by atoms with Crippen LogP contribution in [0.15, 0.2) is 18.2 Å². The molecule has 1 aliphatic carbocycles. The number of hydrogen-bond acceptors (Lipinski definition) is 3. The minimum atomic E-state index is -0.286. The van der Waals surface area contributed by atoms with Crippen molar-refractivity contribution in [2.45, 2.75) is 57.8 Å². The highest BCUT2D eigenvalue weighted by Gasteiger charge is 2.51. The normalized spacial score (nSPS) is 26.9. The first-order valence-electron chi connectivity index (χ1n) is 7.32. The average Bonchev–Trinajstić information content (AvgIpc) is 2.87. The molecule has 2 aliphatic rings. The van der Waals surface area contributed by atoms with Crippen LogP contribution in [0.5, 0.6) is 0 Å². The Bertz CT molecular complexity index is 508. The average molecular weight is 274 g/mol. The van der Waals surface area contributed by atoms with E-state index in [0.29, 0.717) is 6.10 Å². The highest BCUT2D eigenvalue weighted by molar-refractivity contribution is 6.62. The van der Waals surface area contributed by atoms with Gasteiger partial charge in [0.25, 0.3) is 0 Å². The van der Waals surface area contributed by atoms with Crippen molar-refractivity contribution in [2.24, 2.45) is 0 Å². The van der Waals surface area contributed by atoms with Gasteiger partial charge in [0.2, 0.25) is 0 Å². The Balaban J connectivity index is 1.84. The summed E-state index contributed by atoms with van der Waals surface area (Å²) in [7, 11) is 1.51. The Labute approximate surface area is 121 Å². The van der Waals surface area contributed by atoms with Gasteiger partial charge >= 0.3 is 7.12 Å². The molecule has 0 amide bonds. The van der Waals surface area contributed by atoms with E-state index in [4.69, 9.17) is 14.0 Å². The van der Waals surface area contributed by atoms with E-state index in [9.17, 15) is 0 Å². The summed E-state index contributed by atoms with van der Waals surface area (Å²) in [4.78, 5) is 0. The first-order chi connectivity index (χ1) is 9.32. The van der Waals surface area contributed by atoms with Crippen LogP contribution in [0.4, 0.5) is 0 Å². The summed E-state index contributed by atoms with van der Waals surface area (Å²) in [6.07, 6.45) is 2.31. The highest BCUT2D eigenvalue weighted by atomic mass is 16.7. The molecule has 0 saturated carbocycles. The van der Waals surface area contributed by atoms with Gasteiger partial charge in [0, 0.05) is 7.11 Å². The summed E-state index contributed by atoms with van der Waals surface area (Å²) in [5.74, 6) is 0. The van der Waals surface area contributed by atoms with Crippen LogP contribution in [0, 0.1) is 0 Å². The molecule has 1 unspecified atom stereocenters. The Morgan fingerprint density at radius 1 is 1.05 bits per heavy atom. The molecule has 108 valence electrons. The second-order valence-corrected chi connectivity index (χ2v) is 6.88. The van der Waals surface area contributed by atoms with Crippen LogP contribution in [0.1, 0.15) is 38.8 Å². The maximum absolute atomic E-state index is 6.11. The van der Waals surface area contributed by atoms with Gasteiger partial charge in [0.05, 0.1) is 17.3 Å². The van der Waals surface area contributed by atoms with Crippen molar-refractivity contribution in [1.29, 1.82) is 0 Å². The zero-order chi connectivity index (χ0) is 14.5. The third-order valence-electron chi connectivity index (χ3n) is 4.98. The summed E-state index contributed by atoms with van der Waals surface area (Å²) in [6, 6.07) is 6.53. The van der Waals surface area contributed by atoms with Crippen molar-refractivity contribution in [1.82, 2.24) is 0 Å². The van der Waals surface area contributed by atoms with Gasteiger partial charge in [-0.05, 0) is 57.1 Å². The lowest BCUT2D eigenvalue weighted by atomic mass is 9.78. The first-order valence-corrected chi connectivity index (χ1v) is 7.32. The molecule has 3 nitrogen and oxygen atoms in total. The monoisotopic (exact) mass is 274 g/mol. The van der Waals surface area contributed by atoms with Gasteiger partial charge in [-0.1, -0.05) is 18.2 Å². The molecule has 1 atom stereocenters. The Hall–Kier alpha value is -0.835. The number of benzene rings is 1. The summed E-state index contributed by atoms with van der Waals surface area (Å²) < 4.78 is 17.7. The van der Waals surface area contributed by atoms with Gasteiger partial charge < -0.3 is 14.0 Å². The quantitative estimate of drug-likeness (QED) is 0.773. The molecule has 0 aromatic heterocycles. The SMILES string of the molecule is COC1Cc2ccc(B3OC(C)(C)C(C)(C)O3)cc2C1. The van der Waals surface area contributed by atoms with Crippen molar-refractivity contribution in [3.05, 3.63) is 29.3 Å². The topological polar surface area (TPSA) is 27.7 Å². The molecule has 1 aromatic rings. The zero-order valence-corrected chi connectivity index (χ0v) is 13.0. The van der Waals surface area contributed by atoms with E-state index >= 15 is 0 Å². The van der Waals surface area contributed by atoms with Gasteiger partial charge in [0.15, 0.2) is 0 Å². The number of ether oxygens (including phenoxy) is 1. The standard InChI is InChI=1S/C16H23BO3/c1-15(2)16(3,4)20-17(19-15)13-7-6-11-9-14(18-5)10-12(11)8-13/h6-8,14H,9-10H2,1-5H3. The van der Waals surface area contributed by atoms with E-state index in [0.717, 1.165) is 18.3 Å². The predicted octanol–water partition coefficient (Wildman–Crippen LogP) is 2.10. The van der Waals surface area contributed by atoms with Crippen LogP contribution in [-0.4, -0.2) is 31.5 Å². The van der Waals surface area contributed by atoms with Crippen molar-refractivity contribution in [3.8, 4) is 0 Å². The van der Waals surface area contributed by atoms with Crippen LogP contribution in [-0.2, 0) is 26.9 Å². The Morgan fingerprint density at radius 3 is 2.25 bits per heavy atom. The Morgan fingerprint density at radius 2 is 1.65 bits per heavy atom. The smallest absolute Gasteiger partial charge is 0.399 e. The summed E-state index contributed by atoms with van der Waals surface area (Å²) in [5.41, 5.74) is 3.29. The van der Waals surface area contributed by atoms with E-state index in [2.05, 4.69) is 45.9 Å². The molecular formula is C16H23BO3. The fourth-order valence-corrected chi connectivity index (χ4v) is 2.89. The molecule has 0 spiro atoms. The number of methoxy groups -OCH3 is 1. The van der Waals surface area contributed by atoms with Crippen molar-refractivity contribution in [3.63, 3.8) is 0 Å². The highest BCUT2D eigenvalue weighted by Crippen LogP contribution is 2.36. The fraction of sp³-hybridized carbons (Fsp3) is 0.625. The molecule has 1 aromatic carbocycles. The molecule has 0 bridgehead atoms. The van der Waals surface area contributed by atoms with Crippen LogP contribution < -0.4 is 5.46 Å². The molecule has 0 radical (unpaired) electrons. The fourth-order valence-electron chi connectivity index (χ4n) is 2.89. The molecule has 1 heterocycles. The van der Waals surface area contributed by atoms with Gasteiger partial charge in [-0.15, -0.1) is 0 Å². The predicted molar refractivity (Wildman–Crippen MR) is 80.4 cm³/mol. The second-order valence-electron chi connectivity index (χ2n) is 6.88. The van der Waals surface area contributed by atoms with Crippen LogP contribution in [0.2, 0.25) is 0 Å². The van der Waals surface area contributed by atoms with Gasteiger partial charge in [0.1, 0.15) is 0 Å². The number of fused-ring (bicyclic) bond motifs is 1. The summed E-state index contributed by atoms with van der Waals surface area (Å²) in [5, 5.41) is 0. The second kappa shape index (κ2) is 4.59. The third-order valence-corrected chi connectivity index (χ3v) is 4.98. The van der Waals surface area contributed by atoms with Crippen molar-refractivity contribution in [2.75, 3.05) is 7.11 Å². The number of rotatable bonds is 2. The third kappa shape index (κ3) is 2.20. The van der Waals surface area contributed by atoms with Gasteiger partial charge in [-0.3, -0.25) is 0 Å². The first kappa shape index (κ1) is 14.1. The molecule has 0 N–H and O–H groups in total. The minimum absolute atomic E-state index is 0.271. The van der Waals surface area contributed by atoms with Crippen molar-refractivity contribution < 1.29 is 14.0 Å². The van der Waals surface area contributed by atoms with E-state index < -0.39 is 0 Å². The Kier molecular flexibility index (Phi) is 3.24. The molecule has 1 fully saturated rings. The molecular weight excluding hydrogens is 251 g/mol. The van der Waals surface area contributed by atoms with Gasteiger partial charge in [-0.2, -0.15) is 0 Å². The largest absolute Gasteiger partial charge is 0.494 e. The zero-order valence-electron chi connectivity index (χ0n) is 13.0. The van der Waals surface area contributed by atoms with Gasteiger partial charge in [-0.25, -0.2) is 0 Å². The molecule has 20 heavy (non-hydrogen) atoms. The maximum Gasteiger partial charge on any atom is 0.494 e. The number of hydrogen-bond donors (Lipinski definition) is 0. The van der Waals surface area contributed by atoms with E-state index in [1.54, 1.807) is 7.11 Å². The lowest BCUT2D eigenvalue weighted by Crippen LogP contribution is -2.41. The molecule has 1 saturated heterocycles. The van der Waals surface area contributed by atoms with Crippen LogP contribution in [0.3, 0.4) is 0 Å². The van der Waals surface area contributed by atoms with E-state index in [-0.39, 0.29) is 18.3 Å². The molecule has 4 heteroatoms. The maximum atomic E-state index is 6.11. The lowest BCUT2D eigenvalue weighted by Gasteiger charge is -2.32. The minimum Gasteiger partial charge on any atom is -0.399 e. The molecule has 1 aliphatic heterocycles.